The quantitative estimate of drug-likeness (QED) is 0.468. The van der Waals surface area contributed by atoms with Gasteiger partial charge in [-0.3, -0.25) is 0 Å². The lowest BCUT2D eigenvalue weighted by Crippen LogP contribution is -2.20. The SMILES string of the molecule is CC1=C=CN=C(N)C(N)=C1. The lowest BCUT2D eigenvalue weighted by Gasteiger charge is -1.95. The van der Waals surface area contributed by atoms with E-state index in [1.807, 2.05) is 6.92 Å². The van der Waals surface area contributed by atoms with Crippen LogP contribution in [0.25, 0.3) is 0 Å². The van der Waals surface area contributed by atoms with Crippen LogP contribution in [0.2, 0.25) is 0 Å². The van der Waals surface area contributed by atoms with E-state index in [0.717, 1.165) is 5.57 Å². The van der Waals surface area contributed by atoms with Crippen molar-refractivity contribution in [2.24, 2.45) is 16.5 Å². The Bertz CT molecular complexity index is 265. The second-order valence-corrected chi connectivity index (χ2v) is 2.07. The predicted molar refractivity (Wildman–Crippen MR) is 41.2 cm³/mol. The Kier molecular flexibility index (Phi) is 1.61. The van der Waals surface area contributed by atoms with E-state index in [4.69, 9.17) is 11.5 Å². The third-order valence-corrected chi connectivity index (χ3v) is 1.16. The van der Waals surface area contributed by atoms with Gasteiger partial charge in [0.15, 0.2) is 0 Å². The molecule has 52 valence electrons. The zero-order valence-electron chi connectivity index (χ0n) is 5.76. The highest BCUT2D eigenvalue weighted by Crippen LogP contribution is 1.99. The molecule has 1 aliphatic heterocycles. The first kappa shape index (κ1) is 6.65. The number of allylic oxidation sites excluding steroid dienone is 2. The van der Waals surface area contributed by atoms with Crippen molar-refractivity contribution in [3.05, 3.63) is 29.3 Å². The third kappa shape index (κ3) is 1.27. The predicted octanol–water partition coefficient (Wildman–Crippen LogP) is 0.259. The maximum atomic E-state index is 5.49. The van der Waals surface area contributed by atoms with Crippen molar-refractivity contribution < 1.29 is 0 Å². The molecule has 0 fully saturated rings. The number of amidine groups is 1. The van der Waals surface area contributed by atoms with Gasteiger partial charge in [-0.05, 0) is 18.6 Å². The molecule has 0 saturated heterocycles. The summed E-state index contributed by atoms with van der Waals surface area (Å²) in [4.78, 5) is 3.80. The van der Waals surface area contributed by atoms with E-state index in [0.29, 0.717) is 11.5 Å². The van der Waals surface area contributed by atoms with E-state index >= 15 is 0 Å². The van der Waals surface area contributed by atoms with Crippen molar-refractivity contribution >= 4 is 5.84 Å². The summed E-state index contributed by atoms with van der Waals surface area (Å²) in [7, 11) is 0. The van der Waals surface area contributed by atoms with Gasteiger partial charge < -0.3 is 11.5 Å². The van der Waals surface area contributed by atoms with Crippen molar-refractivity contribution in [1.82, 2.24) is 0 Å². The van der Waals surface area contributed by atoms with Crippen LogP contribution in [0.1, 0.15) is 6.92 Å². The number of rotatable bonds is 0. The molecule has 0 bridgehead atoms. The Morgan fingerprint density at radius 1 is 1.50 bits per heavy atom. The van der Waals surface area contributed by atoms with Gasteiger partial charge in [0, 0.05) is 0 Å². The van der Waals surface area contributed by atoms with Crippen molar-refractivity contribution in [2.75, 3.05) is 0 Å². The van der Waals surface area contributed by atoms with Crippen molar-refractivity contribution in [3.8, 4) is 0 Å². The fourth-order valence-electron chi connectivity index (χ4n) is 0.627. The standard InChI is InChI=1S/C7H9N3/c1-5-2-3-10-7(9)6(8)4-5/h3-4H,8H2,1H3,(H2,9,10). The minimum Gasteiger partial charge on any atom is -0.396 e. The fraction of sp³-hybridized carbons (Fsp3) is 0.143. The first-order valence-corrected chi connectivity index (χ1v) is 2.93. The number of hydrogen-bond acceptors (Lipinski definition) is 3. The van der Waals surface area contributed by atoms with Crippen LogP contribution in [-0.4, -0.2) is 5.84 Å². The van der Waals surface area contributed by atoms with Gasteiger partial charge in [-0.2, -0.15) is 0 Å². The van der Waals surface area contributed by atoms with Gasteiger partial charge in [0.05, 0.1) is 11.9 Å². The number of hydrogen-bond donors (Lipinski definition) is 2. The lowest BCUT2D eigenvalue weighted by atomic mass is 10.2. The molecule has 10 heavy (non-hydrogen) atoms. The highest BCUT2D eigenvalue weighted by molar-refractivity contribution is 5.97. The molecule has 0 spiro atoms. The first-order chi connectivity index (χ1) is 4.70. The van der Waals surface area contributed by atoms with Crippen LogP contribution in [-0.2, 0) is 0 Å². The highest BCUT2D eigenvalue weighted by atomic mass is 14.9. The summed E-state index contributed by atoms with van der Waals surface area (Å²) < 4.78 is 0. The largest absolute Gasteiger partial charge is 0.396 e. The van der Waals surface area contributed by atoms with Crippen LogP contribution in [0.15, 0.2) is 34.3 Å². The third-order valence-electron chi connectivity index (χ3n) is 1.16. The maximum Gasteiger partial charge on any atom is 0.147 e. The molecule has 4 N–H and O–H groups in total. The van der Waals surface area contributed by atoms with Crippen LogP contribution in [0.3, 0.4) is 0 Å². The molecule has 0 radical (unpaired) electrons. The fourth-order valence-corrected chi connectivity index (χ4v) is 0.627. The molecular formula is C7H9N3. The second-order valence-electron chi connectivity index (χ2n) is 2.07. The second kappa shape index (κ2) is 2.42. The topological polar surface area (TPSA) is 64.4 Å². The molecule has 0 aromatic rings. The smallest absolute Gasteiger partial charge is 0.147 e. The van der Waals surface area contributed by atoms with Crippen molar-refractivity contribution in [3.63, 3.8) is 0 Å². The molecule has 0 amide bonds. The zero-order chi connectivity index (χ0) is 7.56. The Morgan fingerprint density at radius 3 is 2.90 bits per heavy atom. The molecule has 1 aliphatic rings. The van der Waals surface area contributed by atoms with E-state index in [1.165, 1.54) is 6.20 Å². The minimum atomic E-state index is 0.351. The Balaban J connectivity index is 3.08. The summed E-state index contributed by atoms with van der Waals surface area (Å²) in [6.07, 6.45) is 3.25. The number of nitrogens with two attached hydrogens (primary N) is 2. The minimum absolute atomic E-state index is 0.351. The highest BCUT2D eigenvalue weighted by Gasteiger charge is 1.96. The maximum absolute atomic E-state index is 5.49. The van der Waals surface area contributed by atoms with Crippen molar-refractivity contribution in [1.29, 1.82) is 0 Å². The summed E-state index contributed by atoms with van der Waals surface area (Å²) >= 11 is 0. The molecule has 0 atom stereocenters. The first-order valence-electron chi connectivity index (χ1n) is 2.93. The monoisotopic (exact) mass is 135 g/mol. The van der Waals surface area contributed by atoms with E-state index in [2.05, 4.69) is 10.7 Å². The molecule has 0 aromatic carbocycles. The van der Waals surface area contributed by atoms with Crippen molar-refractivity contribution in [2.45, 2.75) is 6.92 Å². The number of aliphatic imine (C=N–C) groups is 1. The summed E-state index contributed by atoms with van der Waals surface area (Å²) in [6, 6.07) is 0. The van der Waals surface area contributed by atoms with Crippen LogP contribution < -0.4 is 11.5 Å². The Labute approximate surface area is 59.4 Å². The van der Waals surface area contributed by atoms with Crippen LogP contribution in [0.4, 0.5) is 0 Å². The normalized spacial score (nSPS) is 17.1. The summed E-state index contributed by atoms with van der Waals surface area (Å²) in [5.74, 6) is 0.351. The van der Waals surface area contributed by atoms with Gasteiger partial charge >= 0.3 is 0 Å². The van der Waals surface area contributed by atoms with Gasteiger partial charge in [-0.1, -0.05) is 5.73 Å². The van der Waals surface area contributed by atoms with E-state index in [9.17, 15) is 0 Å². The van der Waals surface area contributed by atoms with Gasteiger partial charge in [-0.15, -0.1) is 0 Å². The molecule has 0 aliphatic carbocycles. The van der Waals surface area contributed by atoms with E-state index in [-0.39, 0.29) is 0 Å². The molecule has 1 heterocycles. The van der Waals surface area contributed by atoms with Gasteiger partial charge in [0.25, 0.3) is 0 Å². The van der Waals surface area contributed by atoms with Gasteiger partial charge in [0.1, 0.15) is 5.84 Å². The summed E-state index contributed by atoms with van der Waals surface area (Å²) in [5, 5.41) is 0. The molecule has 0 unspecified atom stereocenters. The number of nitrogens with zero attached hydrogens (tertiary/aromatic N) is 1. The average Bonchev–Trinajstić information content (AvgIpc) is 1.96. The van der Waals surface area contributed by atoms with E-state index in [1.54, 1.807) is 6.08 Å². The molecule has 3 nitrogen and oxygen atoms in total. The Hall–Kier alpha value is -1.47. The van der Waals surface area contributed by atoms with Crippen LogP contribution in [0.5, 0.6) is 0 Å². The molecule has 0 aromatic heterocycles. The van der Waals surface area contributed by atoms with Crippen LogP contribution in [0, 0.1) is 0 Å². The Morgan fingerprint density at radius 2 is 2.20 bits per heavy atom. The summed E-state index contributed by atoms with van der Waals surface area (Å²) in [5.41, 5.74) is 15.2. The lowest BCUT2D eigenvalue weighted by molar-refractivity contribution is 1.38. The van der Waals surface area contributed by atoms with Gasteiger partial charge in [0.2, 0.25) is 0 Å². The average molecular weight is 135 g/mol. The molecule has 1 rings (SSSR count). The van der Waals surface area contributed by atoms with Gasteiger partial charge in [-0.25, -0.2) is 4.99 Å². The molecule has 3 heteroatoms. The molecular weight excluding hydrogens is 126 g/mol. The van der Waals surface area contributed by atoms with E-state index < -0.39 is 0 Å². The molecule has 0 saturated carbocycles. The zero-order valence-corrected chi connectivity index (χ0v) is 5.76. The van der Waals surface area contributed by atoms with Crippen LogP contribution >= 0.6 is 0 Å². The summed E-state index contributed by atoms with van der Waals surface area (Å²) in [6.45, 7) is 1.89.